The minimum atomic E-state index is -0.853. The first-order valence-corrected chi connectivity index (χ1v) is 8.04. The number of hydrogen-bond donors (Lipinski definition) is 1. The number of hydrogen-bond acceptors (Lipinski definition) is 3. The van der Waals surface area contributed by atoms with Crippen molar-refractivity contribution >= 4 is 10.8 Å². The maximum absolute atomic E-state index is 11.0. The molecule has 2 aromatic rings. The summed E-state index contributed by atoms with van der Waals surface area (Å²) in [5.41, 5.74) is 0.116. The molecule has 2 rings (SSSR count). The number of aliphatic hydroxyl groups is 1. The molecule has 22 heavy (non-hydrogen) atoms. The van der Waals surface area contributed by atoms with Crippen molar-refractivity contribution in [2.24, 2.45) is 0 Å². The fourth-order valence-electron chi connectivity index (χ4n) is 2.97. The van der Waals surface area contributed by atoms with Crippen LogP contribution in [-0.2, 0) is 5.60 Å². The Morgan fingerprint density at radius 3 is 2.27 bits per heavy atom. The SMILES string of the molecule is CCN(CC)CCC(C)(O)c1ccc(OC)c2ccccc12. The first-order valence-electron chi connectivity index (χ1n) is 8.04. The number of nitrogens with zero attached hydrogens (tertiary/aromatic N) is 1. The molecule has 0 amide bonds. The predicted molar refractivity (Wildman–Crippen MR) is 92.5 cm³/mol. The standard InChI is InChI=1S/C19H27NO2/c1-5-20(6-2)14-13-19(3,21)17-11-12-18(22-4)16-10-8-7-9-15(16)17/h7-12,21H,5-6,13-14H2,1-4H3. The number of fused-ring (bicyclic) bond motifs is 1. The number of methoxy groups -OCH3 is 1. The Morgan fingerprint density at radius 2 is 1.68 bits per heavy atom. The van der Waals surface area contributed by atoms with E-state index in [2.05, 4.69) is 24.8 Å². The van der Waals surface area contributed by atoms with E-state index in [0.29, 0.717) is 6.42 Å². The lowest BCUT2D eigenvalue weighted by Gasteiger charge is -2.29. The van der Waals surface area contributed by atoms with Gasteiger partial charge in [-0.3, -0.25) is 0 Å². The summed E-state index contributed by atoms with van der Waals surface area (Å²) in [7, 11) is 1.68. The van der Waals surface area contributed by atoms with E-state index >= 15 is 0 Å². The van der Waals surface area contributed by atoms with Crippen molar-refractivity contribution in [1.29, 1.82) is 0 Å². The zero-order chi connectivity index (χ0) is 16.2. The molecule has 3 nitrogen and oxygen atoms in total. The molecule has 0 saturated carbocycles. The lowest BCUT2D eigenvalue weighted by atomic mass is 9.88. The highest BCUT2D eigenvalue weighted by Gasteiger charge is 2.26. The van der Waals surface area contributed by atoms with Gasteiger partial charge in [0, 0.05) is 11.9 Å². The van der Waals surface area contributed by atoms with Crippen LogP contribution in [-0.4, -0.2) is 36.8 Å². The van der Waals surface area contributed by atoms with Gasteiger partial charge >= 0.3 is 0 Å². The zero-order valence-corrected chi connectivity index (χ0v) is 14.1. The summed E-state index contributed by atoms with van der Waals surface area (Å²) in [4.78, 5) is 2.33. The number of benzene rings is 2. The molecule has 1 unspecified atom stereocenters. The summed E-state index contributed by atoms with van der Waals surface area (Å²) in [6, 6.07) is 12.0. The Labute approximate surface area is 133 Å². The molecule has 0 heterocycles. The first-order chi connectivity index (χ1) is 10.5. The van der Waals surface area contributed by atoms with Crippen molar-refractivity contribution in [3.05, 3.63) is 42.0 Å². The highest BCUT2D eigenvalue weighted by molar-refractivity contribution is 5.91. The lowest BCUT2D eigenvalue weighted by Crippen LogP contribution is -2.31. The van der Waals surface area contributed by atoms with Gasteiger partial charge in [0.15, 0.2) is 0 Å². The molecule has 120 valence electrons. The Hall–Kier alpha value is -1.58. The maximum Gasteiger partial charge on any atom is 0.126 e. The summed E-state index contributed by atoms with van der Waals surface area (Å²) in [6.45, 7) is 9.12. The summed E-state index contributed by atoms with van der Waals surface area (Å²) in [5.74, 6) is 0.846. The van der Waals surface area contributed by atoms with Crippen molar-refractivity contribution in [2.75, 3.05) is 26.7 Å². The van der Waals surface area contributed by atoms with E-state index in [1.54, 1.807) is 7.11 Å². The molecule has 0 bridgehead atoms. The van der Waals surface area contributed by atoms with Crippen molar-refractivity contribution in [3.8, 4) is 5.75 Å². The van der Waals surface area contributed by atoms with E-state index in [1.165, 1.54) is 0 Å². The van der Waals surface area contributed by atoms with Crippen molar-refractivity contribution in [3.63, 3.8) is 0 Å². The van der Waals surface area contributed by atoms with Crippen LogP contribution in [0.5, 0.6) is 5.75 Å². The van der Waals surface area contributed by atoms with E-state index in [4.69, 9.17) is 4.74 Å². The minimum absolute atomic E-state index is 0.713. The Kier molecular flexibility index (Phi) is 5.43. The molecule has 0 aromatic heterocycles. The van der Waals surface area contributed by atoms with E-state index in [-0.39, 0.29) is 0 Å². The molecule has 0 radical (unpaired) electrons. The maximum atomic E-state index is 11.0. The van der Waals surface area contributed by atoms with Gasteiger partial charge < -0.3 is 14.7 Å². The quantitative estimate of drug-likeness (QED) is 0.844. The Bertz CT molecular complexity index is 618. The van der Waals surface area contributed by atoms with E-state index in [9.17, 15) is 5.11 Å². The highest BCUT2D eigenvalue weighted by atomic mass is 16.5. The Morgan fingerprint density at radius 1 is 1.05 bits per heavy atom. The molecular weight excluding hydrogens is 274 g/mol. The third kappa shape index (κ3) is 3.42. The summed E-state index contributed by atoms with van der Waals surface area (Å²) >= 11 is 0. The average molecular weight is 301 g/mol. The van der Waals surface area contributed by atoms with E-state index in [0.717, 1.165) is 41.7 Å². The van der Waals surface area contributed by atoms with E-state index in [1.807, 2.05) is 37.3 Å². The van der Waals surface area contributed by atoms with Crippen LogP contribution < -0.4 is 4.74 Å². The van der Waals surface area contributed by atoms with Crippen molar-refractivity contribution in [2.45, 2.75) is 32.8 Å². The fraction of sp³-hybridized carbons (Fsp3) is 0.474. The zero-order valence-electron chi connectivity index (χ0n) is 14.1. The molecule has 0 aliphatic carbocycles. The van der Waals surface area contributed by atoms with Gasteiger partial charge in [0.2, 0.25) is 0 Å². The van der Waals surface area contributed by atoms with Gasteiger partial charge in [-0.1, -0.05) is 44.2 Å². The molecule has 0 spiro atoms. The van der Waals surface area contributed by atoms with Gasteiger partial charge in [0.25, 0.3) is 0 Å². The molecule has 0 aliphatic rings. The van der Waals surface area contributed by atoms with Crippen LogP contribution in [0.1, 0.15) is 32.8 Å². The monoisotopic (exact) mass is 301 g/mol. The second-order valence-electron chi connectivity index (χ2n) is 5.91. The minimum Gasteiger partial charge on any atom is -0.496 e. The average Bonchev–Trinajstić information content (AvgIpc) is 2.54. The van der Waals surface area contributed by atoms with Gasteiger partial charge in [-0.2, -0.15) is 0 Å². The first kappa shape index (κ1) is 16.8. The molecule has 0 aliphatic heterocycles. The molecule has 0 saturated heterocycles. The predicted octanol–water partition coefficient (Wildman–Crippen LogP) is 3.79. The second-order valence-corrected chi connectivity index (χ2v) is 5.91. The third-order valence-electron chi connectivity index (χ3n) is 4.49. The van der Waals surface area contributed by atoms with E-state index < -0.39 is 5.60 Å². The van der Waals surface area contributed by atoms with Crippen LogP contribution >= 0.6 is 0 Å². The second kappa shape index (κ2) is 7.12. The highest BCUT2D eigenvalue weighted by Crippen LogP contribution is 2.35. The van der Waals surface area contributed by atoms with Gasteiger partial charge in [0.05, 0.1) is 12.7 Å². The van der Waals surface area contributed by atoms with Crippen LogP contribution in [0.25, 0.3) is 10.8 Å². The van der Waals surface area contributed by atoms with Crippen LogP contribution in [0.4, 0.5) is 0 Å². The molecular formula is C19H27NO2. The molecule has 1 atom stereocenters. The number of ether oxygens (including phenoxy) is 1. The van der Waals surface area contributed by atoms with Crippen LogP contribution in [0.15, 0.2) is 36.4 Å². The van der Waals surface area contributed by atoms with Gasteiger partial charge in [-0.25, -0.2) is 0 Å². The molecule has 0 fully saturated rings. The molecule has 3 heteroatoms. The van der Waals surface area contributed by atoms with Crippen LogP contribution in [0, 0.1) is 0 Å². The summed E-state index contributed by atoms with van der Waals surface area (Å²) in [5, 5.41) is 13.1. The molecule has 2 aromatic carbocycles. The van der Waals surface area contributed by atoms with Crippen LogP contribution in [0.2, 0.25) is 0 Å². The number of rotatable bonds is 7. The smallest absolute Gasteiger partial charge is 0.126 e. The van der Waals surface area contributed by atoms with Crippen molar-refractivity contribution < 1.29 is 9.84 Å². The van der Waals surface area contributed by atoms with Crippen molar-refractivity contribution in [1.82, 2.24) is 4.90 Å². The van der Waals surface area contributed by atoms with Crippen LogP contribution in [0.3, 0.4) is 0 Å². The topological polar surface area (TPSA) is 32.7 Å². The fourth-order valence-corrected chi connectivity index (χ4v) is 2.97. The normalized spacial score (nSPS) is 14.3. The van der Waals surface area contributed by atoms with Gasteiger partial charge in [0.1, 0.15) is 5.75 Å². The molecule has 1 N–H and O–H groups in total. The van der Waals surface area contributed by atoms with Gasteiger partial charge in [-0.05, 0) is 43.5 Å². The largest absolute Gasteiger partial charge is 0.496 e. The Balaban J connectivity index is 2.37. The summed E-state index contributed by atoms with van der Waals surface area (Å²) < 4.78 is 5.44. The van der Waals surface area contributed by atoms with Gasteiger partial charge in [-0.15, -0.1) is 0 Å². The lowest BCUT2D eigenvalue weighted by molar-refractivity contribution is 0.0383. The summed E-state index contributed by atoms with van der Waals surface area (Å²) in [6.07, 6.45) is 0.713. The third-order valence-corrected chi connectivity index (χ3v) is 4.49.